The van der Waals surface area contributed by atoms with Crippen molar-refractivity contribution in [2.24, 2.45) is 5.41 Å². The molecule has 1 rings (SSSR count). The predicted octanol–water partition coefficient (Wildman–Crippen LogP) is 0.903. The summed E-state index contributed by atoms with van der Waals surface area (Å²) in [5.74, 6) is -0.989. The monoisotopic (exact) mass is 309 g/mol. The van der Waals surface area contributed by atoms with E-state index < -0.39 is 24.0 Å². The molecule has 1 saturated heterocycles. The summed E-state index contributed by atoms with van der Waals surface area (Å²) in [6.07, 6.45) is -2.22. The molecule has 0 aliphatic carbocycles. The maximum Gasteiger partial charge on any atom is 0.405 e. The van der Waals surface area contributed by atoms with Crippen LogP contribution in [-0.4, -0.2) is 56.1 Å². The molecule has 0 aromatic rings. The zero-order valence-corrected chi connectivity index (χ0v) is 12.3. The smallest absolute Gasteiger partial charge is 0.345 e. The van der Waals surface area contributed by atoms with Gasteiger partial charge in [0.05, 0.1) is 12.0 Å². The molecule has 2 N–H and O–H groups in total. The molecule has 0 radical (unpaired) electrons. The van der Waals surface area contributed by atoms with Gasteiger partial charge < -0.3 is 15.5 Å². The molecule has 1 aliphatic heterocycles. The minimum absolute atomic E-state index is 0.184. The summed E-state index contributed by atoms with van der Waals surface area (Å²) in [7, 11) is 1.45. The zero-order chi connectivity index (χ0) is 16.1. The Morgan fingerprint density at radius 2 is 2.05 bits per heavy atom. The Kier molecular flexibility index (Phi) is 6.00. The maximum absolute atomic E-state index is 12.5. The lowest BCUT2D eigenvalue weighted by molar-refractivity contribution is -0.145. The molecule has 21 heavy (non-hydrogen) atoms. The van der Waals surface area contributed by atoms with Gasteiger partial charge in [0.1, 0.15) is 6.54 Å². The maximum atomic E-state index is 12.5. The summed E-state index contributed by atoms with van der Waals surface area (Å²) in [4.78, 5) is 25.2. The fourth-order valence-corrected chi connectivity index (χ4v) is 2.67. The van der Waals surface area contributed by atoms with Crippen LogP contribution < -0.4 is 10.6 Å². The Bertz CT molecular complexity index is 379. The highest BCUT2D eigenvalue weighted by Crippen LogP contribution is 2.32. The van der Waals surface area contributed by atoms with Gasteiger partial charge in [-0.15, -0.1) is 0 Å². The van der Waals surface area contributed by atoms with Gasteiger partial charge in [0.15, 0.2) is 0 Å². The fraction of sp³-hybridized carbons (Fsp3) is 0.846. The molecule has 5 nitrogen and oxygen atoms in total. The number of nitrogens with zero attached hydrogens (tertiary/aromatic N) is 1. The molecule has 2 amide bonds. The largest absolute Gasteiger partial charge is 0.405 e. The van der Waals surface area contributed by atoms with Crippen molar-refractivity contribution in [1.82, 2.24) is 15.5 Å². The molecule has 0 aromatic heterocycles. The number of hydrogen-bond acceptors (Lipinski definition) is 3. The molecular weight excluding hydrogens is 287 g/mol. The van der Waals surface area contributed by atoms with Gasteiger partial charge in [0.2, 0.25) is 11.8 Å². The number of halogens is 3. The minimum atomic E-state index is -4.45. The van der Waals surface area contributed by atoms with Crippen LogP contribution in [0.1, 0.15) is 26.2 Å². The number of carbonyl (C=O) groups excluding carboxylic acids is 2. The molecule has 8 heteroatoms. The van der Waals surface area contributed by atoms with E-state index in [0.29, 0.717) is 19.4 Å². The topological polar surface area (TPSA) is 61.4 Å². The van der Waals surface area contributed by atoms with Crippen LogP contribution in [0.5, 0.6) is 0 Å². The quantitative estimate of drug-likeness (QED) is 0.766. The third kappa shape index (κ3) is 5.18. The number of carbonyl (C=O) groups is 2. The molecule has 0 bridgehead atoms. The van der Waals surface area contributed by atoms with Gasteiger partial charge in [0.25, 0.3) is 0 Å². The number of alkyl halides is 3. The van der Waals surface area contributed by atoms with Crippen molar-refractivity contribution < 1.29 is 22.8 Å². The predicted molar refractivity (Wildman–Crippen MR) is 71.5 cm³/mol. The van der Waals surface area contributed by atoms with Gasteiger partial charge >= 0.3 is 6.18 Å². The summed E-state index contributed by atoms with van der Waals surface area (Å²) in [6.45, 7) is 1.52. The highest BCUT2D eigenvalue weighted by molar-refractivity contribution is 5.88. The van der Waals surface area contributed by atoms with Crippen LogP contribution in [0.25, 0.3) is 0 Å². The Morgan fingerprint density at radius 1 is 1.38 bits per heavy atom. The van der Waals surface area contributed by atoms with Crippen LogP contribution in [0.2, 0.25) is 0 Å². The lowest BCUT2D eigenvalue weighted by atomic mass is 9.81. The van der Waals surface area contributed by atoms with Gasteiger partial charge in [-0.05, 0) is 19.4 Å². The molecule has 0 aromatic carbocycles. The molecule has 1 aliphatic rings. The van der Waals surface area contributed by atoms with E-state index in [1.807, 2.05) is 6.92 Å². The van der Waals surface area contributed by atoms with E-state index in [1.54, 1.807) is 5.32 Å². The molecule has 1 unspecified atom stereocenters. The van der Waals surface area contributed by atoms with E-state index in [-0.39, 0.29) is 12.5 Å². The number of nitrogens with one attached hydrogen (secondary N) is 2. The third-order valence-electron chi connectivity index (χ3n) is 3.64. The summed E-state index contributed by atoms with van der Waals surface area (Å²) in [5, 5.41) is 4.91. The van der Waals surface area contributed by atoms with Crippen molar-refractivity contribution in [3.05, 3.63) is 0 Å². The van der Waals surface area contributed by atoms with Crippen LogP contribution in [0.15, 0.2) is 0 Å². The number of likely N-dealkylation sites (N-methyl/N-ethyl adjacent to an activating group) is 1. The Labute approximate surface area is 122 Å². The van der Waals surface area contributed by atoms with Crippen LogP contribution >= 0.6 is 0 Å². The van der Waals surface area contributed by atoms with E-state index in [0.717, 1.165) is 13.0 Å². The molecule has 1 atom stereocenters. The van der Waals surface area contributed by atoms with E-state index in [2.05, 4.69) is 5.32 Å². The summed E-state index contributed by atoms with van der Waals surface area (Å²) < 4.78 is 36.0. The molecule has 1 fully saturated rings. The van der Waals surface area contributed by atoms with Crippen LogP contribution in [0.3, 0.4) is 0 Å². The van der Waals surface area contributed by atoms with E-state index in [4.69, 9.17) is 0 Å². The second-order valence-electron chi connectivity index (χ2n) is 5.51. The van der Waals surface area contributed by atoms with E-state index >= 15 is 0 Å². The van der Waals surface area contributed by atoms with Crippen molar-refractivity contribution in [3.63, 3.8) is 0 Å². The van der Waals surface area contributed by atoms with Crippen molar-refractivity contribution in [2.45, 2.75) is 32.4 Å². The highest BCUT2D eigenvalue weighted by Gasteiger charge is 2.42. The normalized spacial score (nSPS) is 22.1. The summed E-state index contributed by atoms with van der Waals surface area (Å²) >= 11 is 0. The van der Waals surface area contributed by atoms with Crippen LogP contribution in [-0.2, 0) is 9.59 Å². The first kappa shape index (κ1) is 17.7. The zero-order valence-electron chi connectivity index (χ0n) is 12.3. The van der Waals surface area contributed by atoms with Gasteiger partial charge in [-0.2, -0.15) is 13.2 Å². The summed E-state index contributed by atoms with van der Waals surface area (Å²) in [6, 6.07) is 0. The van der Waals surface area contributed by atoms with E-state index in [1.165, 1.54) is 11.9 Å². The number of rotatable bonds is 6. The van der Waals surface area contributed by atoms with E-state index in [9.17, 15) is 22.8 Å². The van der Waals surface area contributed by atoms with Crippen LogP contribution in [0.4, 0.5) is 13.2 Å². The van der Waals surface area contributed by atoms with Crippen molar-refractivity contribution in [2.75, 3.05) is 33.2 Å². The Hall–Kier alpha value is -1.31. The molecule has 0 spiro atoms. The SMILES string of the molecule is CCCC1(C(=O)N(C)CC(=O)NCC(F)(F)F)CCNC1. The van der Waals surface area contributed by atoms with Gasteiger partial charge in [0, 0.05) is 13.6 Å². The standard InChI is InChI=1S/C13H22F3N3O2/c1-3-4-12(5-6-17-8-12)11(21)19(2)7-10(20)18-9-13(14,15)16/h17H,3-9H2,1-2H3,(H,18,20). The average Bonchev–Trinajstić information content (AvgIpc) is 2.85. The average molecular weight is 309 g/mol. The molecular formula is C13H22F3N3O2. The third-order valence-corrected chi connectivity index (χ3v) is 3.64. The lowest BCUT2D eigenvalue weighted by Gasteiger charge is -2.31. The first-order chi connectivity index (χ1) is 9.70. The van der Waals surface area contributed by atoms with Gasteiger partial charge in [-0.3, -0.25) is 9.59 Å². The first-order valence-electron chi connectivity index (χ1n) is 7.00. The second-order valence-corrected chi connectivity index (χ2v) is 5.51. The van der Waals surface area contributed by atoms with Crippen molar-refractivity contribution >= 4 is 11.8 Å². The lowest BCUT2D eigenvalue weighted by Crippen LogP contribution is -2.48. The molecule has 0 saturated carbocycles. The Balaban J connectivity index is 2.55. The second kappa shape index (κ2) is 7.11. The molecule has 1 heterocycles. The van der Waals surface area contributed by atoms with Gasteiger partial charge in [-0.25, -0.2) is 0 Å². The minimum Gasteiger partial charge on any atom is -0.345 e. The fourth-order valence-electron chi connectivity index (χ4n) is 2.67. The highest BCUT2D eigenvalue weighted by atomic mass is 19.4. The number of amides is 2. The van der Waals surface area contributed by atoms with Gasteiger partial charge in [-0.1, -0.05) is 13.3 Å². The number of hydrogen-bond donors (Lipinski definition) is 2. The first-order valence-corrected chi connectivity index (χ1v) is 7.00. The van der Waals surface area contributed by atoms with Crippen molar-refractivity contribution in [3.8, 4) is 0 Å². The summed E-state index contributed by atoms with van der Waals surface area (Å²) in [5.41, 5.74) is -0.534. The molecule has 122 valence electrons. The Morgan fingerprint density at radius 3 is 2.52 bits per heavy atom. The van der Waals surface area contributed by atoms with Crippen molar-refractivity contribution in [1.29, 1.82) is 0 Å². The van der Waals surface area contributed by atoms with Crippen LogP contribution in [0, 0.1) is 5.41 Å².